The molecule has 0 saturated heterocycles. The van der Waals surface area contributed by atoms with Gasteiger partial charge in [0, 0.05) is 0 Å². The molecule has 0 aromatic carbocycles. The molecular weight excluding hydrogens is 94.1 g/mol. The molecule has 0 heterocycles. The van der Waals surface area contributed by atoms with Crippen molar-refractivity contribution in [1.82, 2.24) is 0 Å². The maximum Gasteiger partial charge on any atom is 0.358 e. The van der Waals surface area contributed by atoms with Crippen molar-refractivity contribution in [3.63, 3.8) is 0 Å². The van der Waals surface area contributed by atoms with Crippen LogP contribution in [0.4, 0.5) is 0 Å². The van der Waals surface area contributed by atoms with Crippen LogP contribution in [-0.4, -0.2) is 5.97 Å². The maximum atomic E-state index is 10.1. The molecule has 1 aliphatic carbocycles. The van der Waals surface area contributed by atoms with E-state index in [9.17, 15) is 9.90 Å². The highest BCUT2D eigenvalue weighted by Gasteiger charge is 2.22. The summed E-state index contributed by atoms with van der Waals surface area (Å²) in [7, 11) is 0. The minimum absolute atomic E-state index is 0.130. The molecule has 0 amide bonds. The van der Waals surface area contributed by atoms with Crippen LogP contribution in [0, 0.1) is 5.92 Å². The Morgan fingerprint density at radius 1 is 1.38 bits per heavy atom. The van der Waals surface area contributed by atoms with Crippen LogP contribution < -0.4 is 0 Å². The van der Waals surface area contributed by atoms with Gasteiger partial charge in [0.25, 0.3) is 0 Å². The average molecular weight is 103 g/mol. The predicted octanol–water partition coefficient (Wildman–Crippen LogP) is 1.13. The Bertz CT molecular complexity index is 92.7. The molecule has 0 spiro atoms. The van der Waals surface area contributed by atoms with Crippen LogP contribution >= 0.6 is 0 Å². The Kier molecular flexibility index (Phi) is 1.51. The summed E-state index contributed by atoms with van der Waals surface area (Å²) in [6.45, 7) is 0. The summed E-state index contributed by atoms with van der Waals surface area (Å²) in [5.74, 6) is -0.988. The highest BCUT2D eigenvalue weighted by molar-refractivity contribution is 5.69. The molecule has 0 atom stereocenters. The van der Waals surface area contributed by atoms with Crippen molar-refractivity contribution in [3.8, 4) is 0 Å². The third kappa shape index (κ3) is 0.997. The van der Waals surface area contributed by atoms with Crippen molar-refractivity contribution in [2.75, 3.05) is 0 Å². The van der Waals surface area contributed by atoms with Crippen molar-refractivity contribution in [2.45, 2.75) is 25.7 Å². The molecule has 0 aromatic heterocycles. The van der Waals surface area contributed by atoms with Gasteiger partial charge in [-0.3, -0.25) is 0 Å². The maximum absolute atomic E-state index is 10.1. The monoisotopic (exact) mass is 103 g/mol. The summed E-state index contributed by atoms with van der Waals surface area (Å²) in [6, 6.07) is 0. The Balaban J connectivity index is 2.35. The van der Waals surface area contributed by atoms with Crippen LogP contribution in [0.5, 0.6) is 0 Å². The van der Waals surface area contributed by atoms with E-state index < -0.39 is 5.97 Å². The minimum atomic E-state index is -0.859. The van der Waals surface area contributed by atoms with Gasteiger partial charge in [-0.25, -0.2) is 9.90 Å². The number of rotatable bonds is 1. The summed E-state index contributed by atoms with van der Waals surface area (Å²) in [4.78, 5) is 10.1. The van der Waals surface area contributed by atoms with E-state index in [1.165, 1.54) is 0 Å². The highest BCUT2D eigenvalue weighted by Crippen LogP contribution is 2.24. The smallest absolute Gasteiger partial charge is 0.247 e. The predicted molar refractivity (Wildman–Crippen MR) is 27.7 cm³/mol. The van der Waals surface area contributed by atoms with E-state index in [1.807, 2.05) is 0 Å². The average Bonchev–Trinajstić information content (AvgIpc) is 2.12. The zero-order valence-corrected chi connectivity index (χ0v) is 4.72. The summed E-state index contributed by atoms with van der Waals surface area (Å²) in [6.07, 6.45) is 3.81. The van der Waals surface area contributed by atoms with Crippen molar-refractivity contribution >= 4 is 5.97 Å². The fourth-order valence-electron chi connectivity index (χ4n) is 1.16. The van der Waals surface area contributed by atoms with Gasteiger partial charge in [0.15, 0.2) is 0 Å². The van der Waals surface area contributed by atoms with Gasteiger partial charge in [-0.05, 0) is 12.8 Å². The minimum Gasteiger partial charge on any atom is -0.247 e. The Morgan fingerprint density at radius 3 is 2.12 bits per heavy atom. The molecule has 1 saturated carbocycles. The SMILES string of the molecule is O=C([6O])C1CCCC1. The summed E-state index contributed by atoms with van der Waals surface area (Å²) in [5, 5.41) is 10.1. The second-order valence-electron chi connectivity index (χ2n) is 2.30. The van der Waals surface area contributed by atoms with Gasteiger partial charge in [0.2, 0.25) is 0 Å². The quantitative estimate of drug-likeness (QED) is 0.490. The molecule has 1 rings (SSSR count). The van der Waals surface area contributed by atoms with E-state index in [0.29, 0.717) is 0 Å². The van der Waals surface area contributed by atoms with Gasteiger partial charge >= 0.3 is 5.97 Å². The Hall–Kier alpha value is -0.530. The van der Waals surface area contributed by atoms with Crippen LogP contribution in [0.25, 0.3) is 0 Å². The van der Waals surface area contributed by atoms with E-state index in [2.05, 4.69) is 0 Å². The van der Waals surface area contributed by atoms with Crippen molar-refractivity contribution in [3.05, 3.63) is 0 Å². The lowest BCUT2D eigenvalue weighted by Gasteiger charge is -1.94. The van der Waals surface area contributed by atoms with Gasteiger partial charge < -0.3 is 0 Å². The van der Waals surface area contributed by atoms with E-state index in [4.69, 9.17) is 0 Å². The lowest BCUT2D eigenvalue weighted by Crippen LogP contribution is -2.06. The zero-order valence-electron chi connectivity index (χ0n) is 4.72. The first-order valence-corrected chi connectivity index (χ1v) is 3.01. The Morgan fingerprint density at radius 2 is 1.88 bits per heavy atom. The first-order valence-electron chi connectivity index (χ1n) is 3.01. The molecule has 0 bridgehead atoms. The molecule has 2 nitrogen and oxygen atoms in total. The zero-order chi connectivity index (χ0) is 5.98. The third-order valence-electron chi connectivity index (χ3n) is 1.69. The fraction of sp³-hybridized carbons (Fsp3) is 0.833. The number of hydrogen-bond acceptors (Lipinski definition) is 1. The largest absolute Gasteiger partial charge is 0.358 e. The normalized spacial score (nSPS) is 21.5. The lowest BCUT2D eigenvalue weighted by atomic mass is 5.83. The molecule has 1 radical (unpaired) electrons. The highest BCUT2D eigenvalue weighted by atomic mass is 16.1. The van der Waals surface area contributed by atoms with Gasteiger partial charge in [0.1, 0.15) is 0 Å². The first-order chi connectivity index (χ1) is 3.80. The van der Waals surface area contributed by atoms with Gasteiger partial charge in [0.05, 0.1) is 5.92 Å². The van der Waals surface area contributed by atoms with Crippen LogP contribution in [0.2, 0.25) is 0 Å². The van der Waals surface area contributed by atoms with Crippen molar-refractivity contribution in [2.24, 2.45) is 5.92 Å². The van der Waals surface area contributed by atoms with Gasteiger partial charge in [-0.1, -0.05) is 12.8 Å². The topological polar surface area (TPSA) is 37.0 Å². The van der Waals surface area contributed by atoms with Crippen LogP contribution in [-0.2, 0) is 9.90 Å². The van der Waals surface area contributed by atoms with Crippen LogP contribution in [0.3, 0.4) is 0 Å². The van der Waals surface area contributed by atoms with Crippen LogP contribution in [0.1, 0.15) is 25.7 Å². The molecule has 0 unspecified atom stereocenters. The van der Waals surface area contributed by atoms with Crippen molar-refractivity contribution < 1.29 is 9.90 Å². The molecule has 0 aromatic rings. The third-order valence-corrected chi connectivity index (χ3v) is 1.69. The molecule has 1 aliphatic rings. The molecule has 1 fully saturated rings. The summed E-state index contributed by atoms with van der Waals surface area (Å²) >= 11 is 0. The van der Waals surface area contributed by atoms with Gasteiger partial charge in [-0.15, -0.1) is 0 Å². The molecule has 0 aliphatic heterocycles. The molecule has 0 N–H and O–H groups in total. The number of carbonyl (C=O) groups excluding carboxylic acids is 1. The van der Waals surface area contributed by atoms with E-state index in [1.54, 1.807) is 0 Å². The summed E-state index contributed by atoms with van der Waals surface area (Å²) < 4.78 is 0. The Labute approximate surface area is 48.5 Å². The lowest BCUT2D eigenvalue weighted by molar-refractivity contribution is -0.147. The summed E-state index contributed by atoms with van der Waals surface area (Å²) in [5.41, 5.74) is 0. The molecule has 45 valence electrons. The number of hydrogen-bond donors (Lipinski definition) is 0. The second-order valence-corrected chi connectivity index (χ2v) is 2.30. The number of carbonyl (C=O) groups is 1. The fourth-order valence-corrected chi connectivity index (χ4v) is 1.16. The second kappa shape index (κ2) is 2.16. The van der Waals surface area contributed by atoms with E-state index in [0.717, 1.165) is 25.7 Å². The van der Waals surface area contributed by atoms with E-state index in [-0.39, 0.29) is 5.92 Å². The molecular formula is C6H9O2. The molecule has 8 heavy (non-hydrogen) atoms. The van der Waals surface area contributed by atoms with Crippen molar-refractivity contribution in [1.29, 1.82) is 0 Å². The van der Waals surface area contributed by atoms with E-state index >= 15 is 0 Å². The first kappa shape index (κ1) is 5.60. The standard InChI is InChI=1S/C6H9O2/c7-6(8)5-3-1-2-4-5/h5H,1-4H2/i7-10. The molecule has 2 heteroatoms. The van der Waals surface area contributed by atoms with Crippen LogP contribution in [0.15, 0.2) is 0 Å². The van der Waals surface area contributed by atoms with Gasteiger partial charge in [-0.2, -0.15) is 0 Å².